The Hall–Kier alpha value is -0.570. The summed E-state index contributed by atoms with van der Waals surface area (Å²) in [7, 11) is 0. The van der Waals surface area contributed by atoms with Crippen molar-refractivity contribution in [3.63, 3.8) is 0 Å². The first-order chi connectivity index (χ1) is 6.59. The summed E-state index contributed by atoms with van der Waals surface area (Å²) < 4.78 is 3.06. The van der Waals surface area contributed by atoms with Gasteiger partial charge in [-0.1, -0.05) is 19.8 Å². The summed E-state index contributed by atoms with van der Waals surface area (Å²) in [6.07, 6.45) is 7.59. The van der Waals surface area contributed by atoms with Gasteiger partial charge >= 0.3 is 0 Å². The van der Waals surface area contributed by atoms with Crippen LogP contribution in [0.25, 0.3) is 0 Å². The lowest BCUT2D eigenvalue weighted by Gasteiger charge is -2.23. The van der Waals surface area contributed by atoms with Gasteiger partial charge in [-0.3, -0.25) is 0 Å². The van der Waals surface area contributed by atoms with E-state index in [1.165, 1.54) is 25.7 Å². The number of H-pyrrole nitrogens is 1. The lowest BCUT2D eigenvalue weighted by molar-refractivity contribution is 0.280. The van der Waals surface area contributed by atoms with E-state index < -0.39 is 0 Å². The van der Waals surface area contributed by atoms with Crippen molar-refractivity contribution >= 4 is 12.2 Å². The molecule has 1 aliphatic carbocycles. The minimum atomic E-state index is 0.479. The molecule has 1 aromatic rings. The van der Waals surface area contributed by atoms with Crippen LogP contribution in [0.5, 0.6) is 0 Å². The largest absolute Gasteiger partial charge is 0.335 e. The number of hydrogen-bond donors (Lipinski definition) is 1. The average Bonchev–Trinajstić information content (AvgIpc) is 2.61. The number of rotatable bonds is 2. The van der Waals surface area contributed by atoms with Gasteiger partial charge < -0.3 is 9.55 Å². The predicted octanol–water partition coefficient (Wildman–Crippen LogP) is 3.43. The van der Waals surface area contributed by atoms with E-state index in [4.69, 9.17) is 12.2 Å². The molecule has 1 heterocycles. The monoisotopic (exact) mass is 210 g/mol. The number of nitrogens with one attached hydrogen (secondary N) is 1. The zero-order chi connectivity index (χ0) is 10.2. The van der Waals surface area contributed by atoms with E-state index >= 15 is 0 Å². The van der Waals surface area contributed by atoms with Crippen LogP contribution in [0, 0.1) is 17.1 Å². The van der Waals surface area contributed by atoms with Crippen LogP contribution in [-0.2, 0) is 6.54 Å². The number of aromatic nitrogens is 2. The number of imidazole rings is 1. The zero-order valence-corrected chi connectivity index (χ0v) is 9.78. The first-order valence-electron chi connectivity index (χ1n) is 5.35. The van der Waals surface area contributed by atoms with E-state index in [2.05, 4.69) is 29.6 Å². The van der Waals surface area contributed by atoms with Crippen LogP contribution in [0.4, 0.5) is 0 Å². The van der Waals surface area contributed by atoms with Gasteiger partial charge in [0.1, 0.15) is 0 Å². The van der Waals surface area contributed by atoms with Crippen LogP contribution in [-0.4, -0.2) is 9.55 Å². The standard InChI is InChI=1S/C11H18N2S/c1-9-7-13(10(14)12-9)8-11(2)5-3-4-6-11/h7H,3-6,8H2,1-2H3,(H,12,14). The summed E-state index contributed by atoms with van der Waals surface area (Å²) in [5.41, 5.74) is 1.64. The highest BCUT2D eigenvalue weighted by atomic mass is 32.1. The van der Waals surface area contributed by atoms with Gasteiger partial charge in [0.25, 0.3) is 0 Å². The summed E-state index contributed by atoms with van der Waals surface area (Å²) in [5, 5.41) is 0. The molecule has 1 saturated carbocycles. The molecule has 1 aliphatic rings. The summed E-state index contributed by atoms with van der Waals surface area (Å²) in [6.45, 7) is 5.52. The Labute approximate surface area is 90.3 Å². The molecule has 3 heteroatoms. The summed E-state index contributed by atoms with van der Waals surface area (Å²) in [6, 6.07) is 0. The smallest absolute Gasteiger partial charge is 0.177 e. The third kappa shape index (κ3) is 1.92. The molecule has 0 spiro atoms. The third-order valence-electron chi connectivity index (χ3n) is 3.28. The molecule has 2 rings (SSSR count). The predicted molar refractivity (Wildman–Crippen MR) is 60.9 cm³/mol. The van der Waals surface area contributed by atoms with Crippen LogP contribution in [0.1, 0.15) is 38.3 Å². The Kier molecular flexibility index (Phi) is 2.52. The molecule has 0 aliphatic heterocycles. The van der Waals surface area contributed by atoms with Gasteiger partial charge in [-0.2, -0.15) is 0 Å². The molecule has 1 aromatic heterocycles. The van der Waals surface area contributed by atoms with E-state index in [-0.39, 0.29) is 0 Å². The molecular weight excluding hydrogens is 192 g/mol. The second kappa shape index (κ2) is 3.54. The van der Waals surface area contributed by atoms with Crippen molar-refractivity contribution in [3.8, 4) is 0 Å². The molecule has 0 aromatic carbocycles. The molecule has 0 unspecified atom stereocenters. The first kappa shape index (κ1) is 9.97. The molecule has 0 radical (unpaired) electrons. The second-order valence-electron chi connectivity index (χ2n) is 4.89. The zero-order valence-electron chi connectivity index (χ0n) is 8.97. The molecule has 1 fully saturated rings. The average molecular weight is 210 g/mol. The van der Waals surface area contributed by atoms with Gasteiger partial charge in [0, 0.05) is 18.4 Å². The number of hydrogen-bond acceptors (Lipinski definition) is 1. The van der Waals surface area contributed by atoms with Crippen LogP contribution in [0.3, 0.4) is 0 Å². The van der Waals surface area contributed by atoms with Gasteiger partial charge in [-0.15, -0.1) is 0 Å². The van der Waals surface area contributed by atoms with Gasteiger partial charge in [-0.25, -0.2) is 0 Å². The molecule has 14 heavy (non-hydrogen) atoms. The fraction of sp³-hybridized carbons (Fsp3) is 0.727. The second-order valence-corrected chi connectivity index (χ2v) is 5.27. The van der Waals surface area contributed by atoms with Crippen molar-refractivity contribution in [1.29, 1.82) is 0 Å². The lowest BCUT2D eigenvalue weighted by Crippen LogP contribution is -2.19. The molecule has 0 atom stereocenters. The fourth-order valence-corrected chi connectivity index (χ4v) is 2.76. The van der Waals surface area contributed by atoms with Crippen LogP contribution in [0.2, 0.25) is 0 Å². The summed E-state index contributed by atoms with van der Waals surface area (Å²) >= 11 is 5.26. The van der Waals surface area contributed by atoms with Gasteiger partial charge in [-0.05, 0) is 37.4 Å². The minimum Gasteiger partial charge on any atom is -0.335 e. The van der Waals surface area contributed by atoms with Crippen LogP contribution < -0.4 is 0 Å². The number of nitrogens with zero attached hydrogens (tertiary/aromatic N) is 1. The molecule has 0 saturated heterocycles. The van der Waals surface area contributed by atoms with E-state index in [0.717, 1.165) is 17.0 Å². The summed E-state index contributed by atoms with van der Waals surface area (Å²) in [5.74, 6) is 0. The Balaban J connectivity index is 2.17. The van der Waals surface area contributed by atoms with E-state index in [1.807, 2.05) is 0 Å². The maximum Gasteiger partial charge on any atom is 0.177 e. The van der Waals surface area contributed by atoms with Crippen molar-refractivity contribution in [2.45, 2.75) is 46.1 Å². The molecule has 0 bridgehead atoms. The van der Waals surface area contributed by atoms with Crippen molar-refractivity contribution in [2.24, 2.45) is 5.41 Å². The topological polar surface area (TPSA) is 20.7 Å². The van der Waals surface area contributed by atoms with E-state index in [9.17, 15) is 0 Å². The normalized spacial score (nSPS) is 20.1. The molecule has 78 valence electrons. The van der Waals surface area contributed by atoms with Crippen molar-refractivity contribution in [3.05, 3.63) is 16.7 Å². The minimum absolute atomic E-state index is 0.479. The maximum absolute atomic E-state index is 5.26. The number of aromatic amines is 1. The Morgan fingerprint density at radius 2 is 2.14 bits per heavy atom. The van der Waals surface area contributed by atoms with Crippen molar-refractivity contribution < 1.29 is 0 Å². The van der Waals surface area contributed by atoms with Crippen molar-refractivity contribution in [2.75, 3.05) is 0 Å². The molecule has 2 nitrogen and oxygen atoms in total. The quantitative estimate of drug-likeness (QED) is 0.742. The van der Waals surface area contributed by atoms with Crippen LogP contribution >= 0.6 is 12.2 Å². The Bertz CT molecular complexity index is 369. The molecule has 1 N–H and O–H groups in total. The highest BCUT2D eigenvalue weighted by Crippen LogP contribution is 2.38. The van der Waals surface area contributed by atoms with E-state index in [0.29, 0.717) is 5.41 Å². The van der Waals surface area contributed by atoms with Gasteiger partial charge in [0.2, 0.25) is 0 Å². The van der Waals surface area contributed by atoms with E-state index in [1.54, 1.807) is 0 Å². The number of aryl methyl sites for hydroxylation is 1. The van der Waals surface area contributed by atoms with Crippen molar-refractivity contribution in [1.82, 2.24) is 9.55 Å². The third-order valence-corrected chi connectivity index (χ3v) is 3.61. The SMILES string of the molecule is Cc1cn(CC2(C)CCCC2)c(=S)[nH]1. The molecular formula is C11H18N2S. The molecule has 0 amide bonds. The van der Waals surface area contributed by atoms with Crippen LogP contribution in [0.15, 0.2) is 6.20 Å². The highest BCUT2D eigenvalue weighted by molar-refractivity contribution is 7.71. The summed E-state index contributed by atoms with van der Waals surface area (Å²) in [4.78, 5) is 3.18. The Morgan fingerprint density at radius 3 is 2.64 bits per heavy atom. The van der Waals surface area contributed by atoms with Gasteiger partial charge in [0.15, 0.2) is 4.77 Å². The maximum atomic E-state index is 5.26. The van der Waals surface area contributed by atoms with Gasteiger partial charge in [0.05, 0.1) is 0 Å². The lowest BCUT2D eigenvalue weighted by atomic mass is 9.89. The fourth-order valence-electron chi connectivity index (χ4n) is 2.48. The Morgan fingerprint density at radius 1 is 1.50 bits per heavy atom. The highest BCUT2D eigenvalue weighted by Gasteiger charge is 2.29. The first-order valence-corrected chi connectivity index (χ1v) is 5.76.